The van der Waals surface area contributed by atoms with Crippen LogP contribution < -0.4 is 11.1 Å². The number of hydrogen-bond acceptors (Lipinski definition) is 3. The van der Waals surface area contributed by atoms with E-state index < -0.39 is 11.7 Å². The number of carbonyl (C=O) groups is 1. The molecule has 0 atom stereocenters. The molecule has 0 spiro atoms. The van der Waals surface area contributed by atoms with Crippen molar-refractivity contribution in [2.45, 2.75) is 6.92 Å². The zero-order valence-corrected chi connectivity index (χ0v) is 13.0. The van der Waals surface area contributed by atoms with Gasteiger partial charge in [-0.1, -0.05) is 11.6 Å². The van der Waals surface area contributed by atoms with Gasteiger partial charge in [-0.05, 0) is 35.0 Å². The third-order valence-electron chi connectivity index (χ3n) is 2.73. The molecule has 1 heterocycles. The molecule has 3 N–H and O–H groups in total. The Hall–Kier alpha value is -1.60. The zero-order chi connectivity index (χ0) is 15.0. The molecule has 2 rings (SSSR count). The summed E-state index contributed by atoms with van der Waals surface area (Å²) in [5.74, 6) is -0.976. The van der Waals surface area contributed by atoms with E-state index in [1.54, 1.807) is 14.0 Å². The van der Waals surface area contributed by atoms with Gasteiger partial charge in [0.15, 0.2) is 0 Å². The normalized spacial score (nSPS) is 10.7. The van der Waals surface area contributed by atoms with Gasteiger partial charge in [0.1, 0.15) is 11.5 Å². The van der Waals surface area contributed by atoms with Gasteiger partial charge in [0.2, 0.25) is 0 Å². The Morgan fingerprint density at radius 1 is 1.55 bits per heavy atom. The minimum atomic E-state index is -0.504. The van der Waals surface area contributed by atoms with Gasteiger partial charge in [-0.25, -0.2) is 4.39 Å². The highest BCUT2D eigenvalue weighted by atomic mass is 79.9. The number of nitrogen functional groups attached to an aromatic ring is 1. The fraction of sp³-hybridized carbons (Fsp3) is 0.167. The molecule has 20 heavy (non-hydrogen) atoms. The summed E-state index contributed by atoms with van der Waals surface area (Å²) in [6.07, 6.45) is 0. The fourth-order valence-electron chi connectivity index (χ4n) is 1.78. The molecule has 0 saturated heterocycles. The van der Waals surface area contributed by atoms with Crippen molar-refractivity contribution in [2.75, 3.05) is 11.1 Å². The number of amides is 1. The van der Waals surface area contributed by atoms with Crippen molar-refractivity contribution in [2.24, 2.45) is 7.05 Å². The minimum Gasteiger partial charge on any atom is -0.395 e. The lowest BCUT2D eigenvalue weighted by Crippen LogP contribution is -2.18. The Morgan fingerprint density at radius 2 is 2.20 bits per heavy atom. The third kappa shape index (κ3) is 2.64. The van der Waals surface area contributed by atoms with Gasteiger partial charge in [0, 0.05) is 11.5 Å². The largest absolute Gasteiger partial charge is 0.395 e. The average molecular weight is 362 g/mol. The van der Waals surface area contributed by atoms with E-state index in [9.17, 15) is 9.18 Å². The van der Waals surface area contributed by atoms with E-state index in [1.165, 1.54) is 10.7 Å². The molecular formula is C12H11BrClFN4O. The van der Waals surface area contributed by atoms with Gasteiger partial charge >= 0.3 is 0 Å². The molecule has 0 bridgehead atoms. The minimum absolute atomic E-state index is 0.0858. The number of aryl methyl sites for hydroxylation is 2. The molecule has 0 fully saturated rings. The van der Waals surface area contributed by atoms with Crippen molar-refractivity contribution in [3.63, 3.8) is 0 Å². The number of rotatable bonds is 2. The van der Waals surface area contributed by atoms with Crippen molar-refractivity contribution < 1.29 is 9.18 Å². The molecule has 1 aromatic carbocycles. The quantitative estimate of drug-likeness (QED) is 0.863. The molecule has 0 unspecified atom stereocenters. The second kappa shape index (κ2) is 5.41. The number of aromatic nitrogens is 2. The van der Waals surface area contributed by atoms with Crippen molar-refractivity contribution in [3.8, 4) is 0 Å². The number of carbonyl (C=O) groups excluding carboxylic acids is 1. The van der Waals surface area contributed by atoms with E-state index in [1.807, 2.05) is 0 Å². The van der Waals surface area contributed by atoms with Crippen molar-refractivity contribution >= 4 is 44.8 Å². The summed E-state index contributed by atoms with van der Waals surface area (Å²) < 4.78 is 14.9. The summed E-state index contributed by atoms with van der Waals surface area (Å²) in [6.45, 7) is 1.70. The molecule has 0 saturated carbocycles. The predicted octanol–water partition coefficient (Wildman–Crippen LogP) is 3.12. The van der Waals surface area contributed by atoms with E-state index in [2.05, 4.69) is 26.3 Å². The number of nitrogens with two attached hydrogens (primary N) is 1. The Balaban J connectivity index is 2.38. The molecule has 8 heteroatoms. The average Bonchev–Trinajstić information content (AvgIpc) is 2.58. The van der Waals surface area contributed by atoms with E-state index in [4.69, 9.17) is 17.3 Å². The van der Waals surface area contributed by atoms with Crippen LogP contribution in [-0.4, -0.2) is 15.7 Å². The van der Waals surface area contributed by atoms with E-state index in [0.717, 1.165) is 6.07 Å². The maximum atomic E-state index is 13.1. The van der Waals surface area contributed by atoms with E-state index in [0.29, 0.717) is 15.9 Å². The van der Waals surface area contributed by atoms with Gasteiger partial charge < -0.3 is 11.1 Å². The highest BCUT2D eigenvalue weighted by Crippen LogP contribution is 2.32. The summed E-state index contributed by atoms with van der Waals surface area (Å²) >= 11 is 9.06. The second-order valence-corrected chi connectivity index (χ2v) is 5.43. The molecule has 1 amide bonds. The lowest BCUT2D eigenvalue weighted by atomic mass is 10.2. The van der Waals surface area contributed by atoms with Crippen LogP contribution in [0.4, 0.5) is 15.8 Å². The third-order valence-corrected chi connectivity index (χ3v) is 3.65. The van der Waals surface area contributed by atoms with Crippen LogP contribution >= 0.6 is 27.5 Å². The Bertz CT molecular complexity index is 678. The number of anilines is 2. The predicted molar refractivity (Wildman–Crippen MR) is 79.4 cm³/mol. The lowest BCUT2D eigenvalue weighted by molar-refractivity contribution is 0.101. The summed E-state index contributed by atoms with van der Waals surface area (Å²) in [4.78, 5) is 12.2. The Kier molecular flexibility index (Phi) is 4.01. The first kappa shape index (κ1) is 14.8. The fourth-order valence-corrected chi connectivity index (χ4v) is 2.68. The number of nitrogens with zero attached hydrogens (tertiary/aromatic N) is 2. The first-order valence-corrected chi connectivity index (χ1v) is 6.73. The molecule has 5 nitrogen and oxygen atoms in total. The second-order valence-electron chi connectivity index (χ2n) is 4.17. The molecule has 0 radical (unpaired) electrons. The number of hydrogen-bond donors (Lipinski definition) is 2. The molecule has 0 aliphatic rings. The van der Waals surface area contributed by atoms with Crippen LogP contribution in [0.3, 0.4) is 0 Å². The highest BCUT2D eigenvalue weighted by Gasteiger charge is 2.20. The van der Waals surface area contributed by atoms with Crippen LogP contribution in [0.25, 0.3) is 0 Å². The Morgan fingerprint density at radius 3 is 2.70 bits per heavy atom. The van der Waals surface area contributed by atoms with Crippen LogP contribution in [0.5, 0.6) is 0 Å². The summed E-state index contributed by atoms with van der Waals surface area (Å²) in [6, 6.07) is 2.32. The first-order valence-electron chi connectivity index (χ1n) is 5.56. The maximum absolute atomic E-state index is 13.1. The van der Waals surface area contributed by atoms with Gasteiger partial charge in [0.05, 0.1) is 22.1 Å². The van der Waals surface area contributed by atoms with Gasteiger partial charge in [-0.3, -0.25) is 9.48 Å². The van der Waals surface area contributed by atoms with E-state index >= 15 is 0 Å². The SMILES string of the molecule is Cc1nn(C)c(C(=O)Nc2c(Cl)cc(F)cc2Br)c1N. The van der Waals surface area contributed by atoms with Crippen molar-refractivity contribution in [1.29, 1.82) is 0 Å². The molecular weight excluding hydrogens is 351 g/mol. The zero-order valence-electron chi connectivity index (χ0n) is 10.7. The highest BCUT2D eigenvalue weighted by molar-refractivity contribution is 9.10. The molecule has 0 aliphatic carbocycles. The lowest BCUT2D eigenvalue weighted by Gasteiger charge is -2.10. The number of halogens is 3. The Labute approximate surface area is 128 Å². The summed E-state index contributed by atoms with van der Waals surface area (Å²) in [5, 5.41) is 6.74. The monoisotopic (exact) mass is 360 g/mol. The molecule has 0 aliphatic heterocycles. The topological polar surface area (TPSA) is 72.9 Å². The van der Waals surface area contributed by atoms with Crippen LogP contribution in [0.15, 0.2) is 16.6 Å². The van der Waals surface area contributed by atoms with E-state index in [-0.39, 0.29) is 16.4 Å². The molecule has 1 aromatic heterocycles. The van der Waals surface area contributed by atoms with Gasteiger partial charge in [-0.2, -0.15) is 5.10 Å². The van der Waals surface area contributed by atoms with Crippen LogP contribution in [-0.2, 0) is 7.05 Å². The summed E-state index contributed by atoms with van der Waals surface area (Å²) in [5.41, 5.74) is 7.15. The molecule has 2 aromatic rings. The number of benzene rings is 1. The van der Waals surface area contributed by atoms with Crippen molar-refractivity contribution in [1.82, 2.24) is 9.78 Å². The van der Waals surface area contributed by atoms with Gasteiger partial charge in [0.25, 0.3) is 5.91 Å². The standard InChI is InChI=1S/C12H11BrClFN4O/c1-5-9(16)11(19(2)18-5)12(20)17-10-7(13)3-6(15)4-8(10)14/h3-4H,16H2,1-2H3,(H,17,20). The van der Waals surface area contributed by atoms with Crippen LogP contribution in [0.1, 0.15) is 16.2 Å². The molecule has 106 valence electrons. The van der Waals surface area contributed by atoms with Crippen LogP contribution in [0, 0.1) is 12.7 Å². The number of nitrogens with one attached hydrogen (secondary N) is 1. The van der Waals surface area contributed by atoms with Gasteiger partial charge in [-0.15, -0.1) is 0 Å². The van der Waals surface area contributed by atoms with Crippen LogP contribution in [0.2, 0.25) is 5.02 Å². The maximum Gasteiger partial charge on any atom is 0.276 e. The summed E-state index contributed by atoms with van der Waals surface area (Å²) in [7, 11) is 1.61. The smallest absolute Gasteiger partial charge is 0.276 e. The first-order chi connectivity index (χ1) is 9.31. The van der Waals surface area contributed by atoms with Crippen molar-refractivity contribution in [3.05, 3.63) is 38.8 Å².